The van der Waals surface area contributed by atoms with E-state index in [9.17, 15) is 4.79 Å². The summed E-state index contributed by atoms with van der Waals surface area (Å²) in [5.41, 5.74) is 4.99. The van der Waals surface area contributed by atoms with Gasteiger partial charge in [-0.25, -0.2) is 4.98 Å². The number of hydrogen-bond donors (Lipinski definition) is 1. The molecule has 1 amide bonds. The molecule has 1 saturated carbocycles. The standard InChI is InChI=1S/C20H25N3OS/c1-13-14(2)23(16-10-11-16)20(21-13)25-12-19(24)22-18-9-5-7-15-6-3-4-8-17(15)18/h3-4,6,8,16,18H,5,7,9-12H2,1-2H3,(H,22,24)/t18-/m1/s1. The number of nitrogens with zero attached hydrogens (tertiary/aromatic N) is 2. The number of aryl methyl sites for hydroxylation is 2. The highest BCUT2D eigenvalue weighted by Crippen LogP contribution is 2.40. The summed E-state index contributed by atoms with van der Waals surface area (Å²) in [6.07, 6.45) is 5.75. The SMILES string of the molecule is Cc1nc(SCC(=O)N[C@@H]2CCCc3ccccc32)n(C2CC2)c1C. The van der Waals surface area contributed by atoms with Gasteiger partial charge in [-0.15, -0.1) is 0 Å². The molecule has 0 saturated heterocycles. The lowest BCUT2D eigenvalue weighted by molar-refractivity contribution is -0.119. The van der Waals surface area contributed by atoms with Crippen LogP contribution in [-0.4, -0.2) is 21.2 Å². The molecule has 1 N–H and O–H groups in total. The zero-order chi connectivity index (χ0) is 17.4. The Morgan fingerprint density at radius 3 is 2.88 bits per heavy atom. The molecular weight excluding hydrogens is 330 g/mol. The molecule has 2 aromatic rings. The summed E-state index contributed by atoms with van der Waals surface area (Å²) in [6.45, 7) is 4.18. The van der Waals surface area contributed by atoms with E-state index in [1.807, 2.05) is 0 Å². The summed E-state index contributed by atoms with van der Waals surface area (Å²) in [7, 11) is 0. The van der Waals surface area contributed by atoms with Gasteiger partial charge >= 0.3 is 0 Å². The monoisotopic (exact) mass is 355 g/mol. The fraction of sp³-hybridized carbons (Fsp3) is 0.500. The molecule has 0 aliphatic heterocycles. The predicted octanol–water partition coefficient (Wildman–Crippen LogP) is 4.12. The molecule has 1 heterocycles. The molecule has 132 valence electrons. The number of rotatable bonds is 5. The zero-order valence-corrected chi connectivity index (χ0v) is 15.7. The van der Waals surface area contributed by atoms with Crippen LogP contribution in [0.5, 0.6) is 0 Å². The summed E-state index contributed by atoms with van der Waals surface area (Å²) >= 11 is 1.57. The smallest absolute Gasteiger partial charge is 0.230 e. The van der Waals surface area contributed by atoms with E-state index in [-0.39, 0.29) is 11.9 Å². The van der Waals surface area contributed by atoms with Gasteiger partial charge in [0.05, 0.1) is 17.5 Å². The number of amides is 1. The maximum atomic E-state index is 12.5. The fourth-order valence-corrected chi connectivity index (χ4v) is 4.70. The Morgan fingerprint density at radius 1 is 1.28 bits per heavy atom. The lowest BCUT2D eigenvalue weighted by Crippen LogP contribution is -2.32. The van der Waals surface area contributed by atoms with Gasteiger partial charge in [-0.2, -0.15) is 0 Å². The number of fused-ring (bicyclic) bond motifs is 1. The Labute approximate surface area is 153 Å². The summed E-state index contributed by atoms with van der Waals surface area (Å²) in [4.78, 5) is 17.2. The summed E-state index contributed by atoms with van der Waals surface area (Å²) < 4.78 is 2.32. The van der Waals surface area contributed by atoms with Crippen molar-refractivity contribution >= 4 is 17.7 Å². The molecule has 1 aromatic carbocycles. The van der Waals surface area contributed by atoms with E-state index >= 15 is 0 Å². The minimum Gasteiger partial charge on any atom is -0.349 e. The number of imidazole rings is 1. The molecule has 1 aromatic heterocycles. The van der Waals surface area contributed by atoms with Gasteiger partial charge in [0, 0.05) is 11.7 Å². The van der Waals surface area contributed by atoms with Crippen LogP contribution in [0.4, 0.5) is 0 Å². The first kappa shape index (κ1) is 16.7. The van der Waals surface area contributed by atoms with Crippen LogP contribution >= 0.6 is 11.8 Å². The average molecular weight is 356 g/mol. The number of carbonyl (C=O) groups excluding carboxylic acids is 1. The molecular formula is C20H25N3OS. The van der Waals surface area contributed by atoms with Gasteiger partial charge < -0.3 is 9.88 Å². The highest BCUT2D eigenvalue weighted by atomic mass is 32.2. The van der Waals surface area contributed by atoms with E-state index in [0.717, 1.165) is 30.1 Å². The second-order valence-corrected chi connectivity index (χ2v) is 8.11. The van der Waals surface area contributed by atoms with Crippen LogP contribution in [-0.2, 0) is 11.2 Å². The third kappa shape index (κ3) is 3.47. The Balaban J connectivity index is 1.40. The highest BCUT2D eigenvalue weighted by Gasteiger charge is 2.29. The molecule has 4 nitrogen and oxygen atoms in total. The van der Waals surface area contributed by atoms with Crippen molar-refractivity contribution in [2.75, 3.05) is 5.75 Å². The van der Waals surface area contributed by atoms with Crippen LogP contribution < -0.4 is 5.32 Å². The Bertz CT molecular complexity index is 794. The molecule has 0 bridgehead atoms. The van der Waals surface area contributed by atoms with Crippen molar-refractivity contribution in [1.82, 2.24) is 14.9 Å². The van der Waals surface area contributed by atoms with E-state index in [1.165, 1.54) is 29.7 Å². The van der Waals surface area contributed by atoms with Crippen LogP contribution in [0.2, 0.25) is 0 Å². The molecule has 0 radical (unpaired) electrons. The van der Waals surface area contributed by atoms with Crippen LogP contribution in [0.1, 0.15) is 60.3 Å². The van der Waals surface area contributed by atoms with E-state index in [0.29, 0.717) is 11.8 Å². The van der Waals surface area contributed by atoms with E-state index in [1.54, 1.807) is 11.8 Å². The van der Waals surface area contributed by atoms with Crippen LogP contribution in [0.15, 0.2) is 29.4 Å². The van der Waals surface area contributed by atoms with Crippen molar-refractivity contribution in [2.24, 2.45) is 0 Å². The van der Waals surface area contributed by atoms with Crippen molar-refractivity contribution in [1.29, 1.82) is 0 Å². The molecule has 2 aliphatic rings. The Morgan fingerprint density at radius 2 is 2.08 bits per heavy atom. The molecule has 2 aliphatic carbocycles. The zero-order valence-electron chi connectivity index (χ0n) is 14.9. The van der Waals surface area contributed by atoms with Gasteiger partial charge in [0.1, 0.15) is 0 Å². The number of aromatic nitrogens is 2. The Kier molecular flexibility index (Phi) is 4.59. The number of benzene rings is 1. The van der Waals surface area contributed by atoms with Crippen molar-refractivity contribution in [3.63, 3.8) is 0 Å². The van der Waals surface area contributed by atoms with E-state index in [2.05, 4.69) is 53.0 Å². The van der Waals surface area contributed by atoms with Crippen LogP contribution in [0, 0.1) is 13.8 Å². The van der Waals surface area contributed by atoms with E-state index < -0.39 is 0 Å². The van der Waals surface area contributed by atoms with Crippen molar-refractivity contribution in [3.05, 3.63) is 46.8 Å². The molecule has 4 rings (SSSR count). The first-order valence-corrected chi connectivity index (χ1v) is 10.2. The third-order valence-corrected chi connectivity index (χ3v) is 6.26. The number of thioether (sulfide) groups is 1. The minimum atomic E-state index is 0.104. The molecule has 1 fully saturated rings. The highest BCUT2D eigenvalue weighted by molar-refractivity contribution is 7.99. The molecule has 0 spiro atoms. The Hall–Kier alpha value is -1.75. The van der Waals surface area contributed by atoms with Gasteiger partial charge in [0.15, 0.2) is 5.16 Å². The molecule has 0 unspecified atom stereocenters. The predicted molar refractivity (Wildman–Crippen MR) is 101 cm³/mol. The summed E-state index contributed by atoms with van der Waals surface area (Å²) in [5.74, 6) is 0.536. The number of nitrogens with one attached hydrogen (secondary N) is 1. The third-order valence-electron chi connectivity index (χ3n) is 5.30. The average Bonchev–Trinajstić information content (AvgIpc) is 3.40. The summed E-state index contributed by atoms with van der Waals surface area (Å²) in [6, 6.07) is 9.23. The molecule has 1 atom stereocenters. The first-order valence-electron chi connectivity index (χ1n) is 9.19. The molecule has 25 heavy (non-hydrogen) atoms. The number of hydrogen-bond acceptors (Lipinski definition) is 3. The van der Waals surface area contributed by atoms with Gasteiger partial charge in [0.2, 0.25) is 5.91 Å². The van der Waals surface area contributed by atoms with Crippen molar-refractivity contribution in [3.8, 4) is 0 Å². The summed E-state index contributed by atoms with van der Waals surface area (Å²) in [5, 5.41) is 4.23. The number of carbonyl (C=O) groups is 1. The maximum absolute atomic E-state index is 12.5. The van der Waals surface area contributed by atoms with Gasteiger partial charge in [-0.3, -0.25) is 4.79 Å². The van der Waals surface area contributed by atoms with E-state index in [4.69, 9.17) is 0 Å². The minimum absolute atomic E-state index is 0.104. The lowest BCUT2D eigenvalue weighted by atomic mass is 9.88. The van der Waals surface area contributed by atoms with Crippen molar-refractivity contribution in [2.45, 2.75) is 63.2 Å². The normalized spacial score (nSPS) is 19.5. The quantitative estimate of drug-likeness (QED) is 0.821. The van der Waals surface area contributed by atoms with Crippen LogP contribution in [0.3, 0.4) is 0 Å². The second kappa shape index (κ2) is 6.87. The maximum Gasteiger partial charge on any atom is 0.230 e. The second-order valence-electron chi connectivity index (χ2n) is 7.17. The first-order chi connectivity index (χ1) is 12.1. The van der Waals surface area contributed by atoms with Gasteiger partial charge in [-0.1, -0.05) is 36.0 Å². The lowest BCUT2D eigenvalue weighted by Gasteiger charge is -2.26. The van der Waals surface area contributed by atoms with Crippen molar-refractivity contribution < 1.29 is 4.79 Å². The largest absolute Gasteiger partial charge is 0.349 e. The topological polar surface area (TPSA) is 46.9 Å². The van der Waals surface area contributed by atoms with Crippen LogP contribution in [0.25, 0.3) is 0 Å². The fourth-order valence-electron chi connectivity index (χ4n) is 3.73. The molecule has 5 heteroatoms. The van der Waals surface area contributed by atoms with Gasteiger partial charge in [0.25, 0.3) is 0 Å². The van der Waals surface area contributed by atoms with Gasteiger partial charge in [-0.05, 0) is 57.1 Å².